The highest BCUT2D eigenvalue weighted by molar-refractivity contribution is 7.17. The molecule has 6 heteroatoms. The summed E-state index contributed by atoms with van der Waals surface area (Å²) in [5.74, 6) is -1.71. The van der Waals surface area contributed by atoms with Crippen LogP contribution in [0.1, 0.15) is 22.8 Å². The summed E-state index contributed by atoms with van der Waals surface area (Å²) in [5, 5.41) is 5.78. The van der Waals surface area contributed by atoms with Gasteiger partial charge in [-0.15, -0.1) is 11.3 Å². The van der Waals surface area contributed by atoms with Crippen LogP contribution in [0.3, 0.4) is 0 Å². The molecule has 2 aromatic carbocycles. The van der Waals surface area contributed by atoms with Gasteiger partial charge in [0.1, 0.15) is 5.82 Å². The fourth-order valence-corrected chi connectivity index (χ4v) is 3.38. The van der Waals surface area contributed by atoms with Crippen LogP contribution in [-0.4, -0.2) is 19.0 Å². The molecule has 0 fully saturated rings. The number of carbonyl (C=O) groups is 2. The van der Waals surface area contributed by atoms with Crippen molar-refractivity contribution in [2.45, 2.75) is 6.92 Å². The molecule has 4 nitrogen and oxygen atoms in total. The zero-order chi connectivity index (χ0) is 18.7. The zero-order valence-electron chi connectivity index (χ0n) is 14.2. The maximum absolute atomic E-state index is 13.4. The minimum atomic E-state index is -0.719. The Kier molecular flexibility index (Phi) is 5.14. The molecular formula is C20H16FNO3S. The van der Waals surface area contributed by atoms with E-state index in [1.54, 1.807) is 11.3 Å². The number of esters is 1. The zero-order valence-corrected chi connectivity index (χ0v) is 15.0. The van der Waals surface area contributed by atoms with Crippen molar-refractivity contribution in [1.82, 2.24) is 0 Å². The molecular weight excluding hydrogens is 353 g/mol. The number of halogens is 1. The SMILES string of the molecule is COC(=O)c1cc(F)ccc1NC(=O)/C=C(/C)c1ccc2ccsc2c1. The third kappa shape index (κ3) is 3.81. The molecule has 26 heavy (non-hydrogen) atoms. The highest BCUT2D eigenvalue weighted by Crippen LogP contribution is 2.25. The summed E-state index contributed by atoms with van der Waals surface area (Å²) < 4.78 is 19.1. The van der Waals surface area contributed by atoms with E-state index in [9.17, 15) is 14.0 Å². The minimum absolute atomic E-state index is 0.0353. The maximum Gasteiger partial charge on any atom is 0.340 e. The molecule has 132 valence electrons. The molecule has 0 saturated carbocycles. The molecule has 1 amide bonds. The van der Waals surface area contributed by atoms with Gasteiger partial charge < -0.3 is 10.1 Å². The number of fused-ring (bicyclic) bond motifs is 1. The van der Waals surface area contributed by atoms with Gasteiger partial charge in [0.2, 0.25) is 5.91 Å². The largest absolute Gasteiger partial charge is 0.465 e. The smallest absolute Gasteiger partial charge is 0.340 e. The van der Waals surface area contributed by atoms with Crippen molar-refractivity contribution >= 4 is 44.6 Å². The molecule has 0 saturated heterocycles. The van der Waals surface area contributed by atoms with E-state index < -0.39 is 17.7 Å². The van der Waals surface area contributed by atoms with Crippen molar-refractivity contribution in [2.24, 2.45) is 0 Å². The summed E-state index contributed by atoms with van der Waals surface area (Å²) in [6.07, 6.45) is 1.44. The molecule has 0 aliphatic heterocycles. The number of rotatable bonds is 4. The number of hydrogen-bond donors (Lipinski definition) is 1. The first-order chi connectivity index (χ1) is 12.5. The van der Waals surface area contributed by atoms with E-state index in [1.165, 1.54) is 25.3 Å². The Morgan fingerprint density at radius 3 is 2.73 bits per heavy atom. The van der Waals surface area contributed by atoms with Crippen molar-refractivity contribution < 1.29 is 18.7 Å². The highest BCUT2D eigenvalue weighted by atomic mass is 32.1. The van der Waals surface area contributed by atoms with Crippen LogP contribution in [0.5, 0.6) is 0 Å². The lowest BCUT2D eigenvalue weighted by Crippen LogP contribution is -2.13. The predicted octanol–water partition coefficient (Wildman–Crippen LogP) is 4.87. The van der Waals surface area contributed by atoms with Crippen LogP contribution in [0.2, 0.25) is 0 Å². The van der Waals surface area contributed by atoms with E-state index in [0.717, 1.165) is 27.3 Å². The van der Waals surface area contributed by atoms with Crippen LogP contribution in [0.4, 0.5) is 10.1 Å². The van der Waals surface area contributed by atoms with E-state index in [4.69, 9.17) is 0 Å². The summed E-state index contributed by atoms with van der Waals surface area (Å²) >= 11 is 1.63. The Balaban J connectivity index is 1.83. The molecule has 0 aliphatic rings. The van der Waals surface area contributed by atoms with E-state index in [1.807, 2.05) is 36.6 Å². The summed E-state index contributed by atoms with van der Waals surface area (Å²) in [6, 6.07) is 11.6. The van der Waals surface area contributed by atoms with Gasteiger partial charge in [-0.1, -0.05) is 12.1 Å². The highest BCUT2D eigenvalue weighted by Gasteiger charge is 2.14. The van der Waals surface area contributed by atoms with Crippen molar-refractivity contribution in [3.05, 3.63) is 70.9 Å². The Labute approximate surface area is 153 Å². The molecule has 3 rings (SSSR count). The number of thiophene rings is 1. The molecule has 0 spiro atoms. The third-order valence-corrected chi connectivity index (χ3v) is 4.78. The van der Waals surface area contributed by atoms with Gasteiger partial charge in [0.05, 0.1) is 18.4 Å². The van der Waals surface area contributed by atoms with Gasteiger partial charge >= 0.3 is 5.97 Å². The molecule has 0 aliphatic carbocycles. The number of allylic oxidation sites excluding steroid dienone is 1. The second-order valence-electron chi connectivity index (χ2n) is 5.67. The van der Waals surface area contributed by atoms with Gasteiger partial charge in [-0.2, -0.15) is 0 Å². The van der Waals surface area contributed by atoms with Crippen LogP contribution < -0.4 is 5.32 Å². The first-order valence-corrected chi connectivity index (χ1v) is 8.70. The Morgan fingerprint density at radius 1 is 1.15 bits per heavy atom. The van der Waals surface area contributed by atoms with E-state index in [2.05, 4.69) is 10.1 Å². The Morgan fingerprint density at radius 2 is 1.96 bits per heavy atom. The van der Waals surface area contributed by atoms with Gasteiger partial charge in [0, 0.05) is 10.8 Å². The number of methoxy groups -OCH3 is 1. The average Bonchev–Trinajstić information content (AvgIpc) is 3.10. The van der Waals surface area contributed by atoms with E-state index in [0.29, 0.717) is 0 Å². The minimum Gasteiger partial charge on any atom is -0.465 e. The molecule has 1 heterocycles. The monoisotopic (exact) mass is 369 g/mol. The van der Waals surface area contributed by atoms with Crippen molar-refractivity contribution in [3.63, 3.8) is 0 Å². The predicted molar refractivity (Wildman–Crippen MR) is 102 cm³/mol. The van der Waals surface area contributed by atoms with Crippen molar-refractivity contribution in [2.75, 3.05) is 12.4 Å². The van der Waals surface area contributed by atoms with Gasteiger partial charge in [0.15, 0.2) is 0 Å². The van der Waals surface area contributed by atoms with E-state index in [-0.39, 0.29) is 11.3 Å². The fraction of sp³-hybridized carbons (Fsp3) is 0.100. The molecule has 0 bridgehead atoms. The first-order valence-electron chi connectivity index (χ1n) is 7.82. The maximum atomic E-state index is 13.4. The quantitative estimate of drug-likeness (QED) is 0.527. The fourth-order valence-electron chi connectivity index (χ4n) is 2.55. The van der Waals surface area contributed by atoms with Gasteiger partial charge in [-0.25, -0.2) is 9.18 Å². The number of nitrogens with one attached hydrogen (secondary N) is 1. The van der Waals surface area contributed by atoms with Crippen LogP contribution in [0.15, 0.2) is 53.9 Å². The molecule has 0 atom stereocenters. The van der Waals surface area contributed by atoms with Crippen LogP contribution in [0.25, 0.3) is 15.7 Å². The normalized spacial score (nSPS) is 11.4. The van der Waals surface area contributed by atoms with Gasteiger partial charge in [-0.05, 0) is 59.2 Å². The number of anilines is 1. The van der Waals surface area contributed by atoms with Gasteiger partial charge in [-0.3, -0.25) is 4.79 Å². The second-order valence-corrected chi connectivity index (χ2v) is 6.62. The molecule has 3 aromatic rings. The summed E-state index contributed by atoms with van der Waals surface area (Å²) in [6.45, 7) is 1.83. The van der Waals surface area contributed by atoms with Crippen molar-refractivity contribution in [3.8, 4) is 0 Å². The summed E-state index contributed by atoms with van der Waals surface area (Å²) in [4.78, 5) is 24.1. The number of benzene rings is 2. The van der Waals surface area contributed by atoms with Crippen molar-refractivity contribution in [1.29, 1.82) is 0 Å². The van der Waals surface area contributed by atoms with Crippen LogP contribution >= 0.6 is 11.3 Å². The standard InChI is InChI=1S/C20H16FNO3S/c1-12(14-4-3-13-7-8-26-18(13)10-14)9-19(23)22-17-6-5-15(21)11-16(17)20(24)25-2/h3-11H,1-2H3,(H,22,23)/b12-9-. The number of carbonyl (C=O) groups excluding carboxylic acids is 2. The lowest BCUT2D eigenvalue weighted by atomic mass is 10.1. The summed E-state index contributed by atoms with van der Waals surface area (Å²) in [7, 11) is 1.20. The summed E-state index contributed by atoms with van der Waals surface area (Å²) in [5.41, 5.74) is 1.87. The number of amides is 1. The molecule has 0 radical (unpaired) electrons. The third-order valence-electron chi connectivity index (χ3n) is 3.90. The van der Waals surface area contributed by atoms with E-state index >= 15 is 0 Å². The molecule has 0 unspecified atom stereocenters. The lowest BCUT2D eigenvalue weighted by Gasteiger charge is -2.09. The first kappa shape index (κ1) is 17.8. The van der Waals surface area contributed by atoms with Gasteiger partial charge in [0.25, 0.3) is 0 Å². The Bertz CT molecular complexity index is 1020. The van der Waals surface area contributed by atoms with Crippen LogP contribution in [0, 0.1) is 5.82 Å². The Hall–Kier alpha value is -2.99. The lowest BCUT2D eigenvalue weighted by molar-refractivity contribution is -0.111. The topological polar surface area (TPSA) is 55.4 Å². The average molecular weight is 369 g/mol. The molecule has 1 aromatic heterocycles. The number of hydrogen-bond acceptors (Lipinski definition) is 4. The molecule has 1 N–H and O–H groups in total. The second kappa shape index (κ2) is 7.49. The van der Waals surface area contributed by atoms with Crippen LogP contribution in [-0.2, 0) is 9.53 Å². The number of ether oxygens (including phenoxy) is 1.